The molecule has 1 N–H and O–H groups in total. The minimum Gasteiger partial charge on any atom is -0.506 e. The maximum atomic E-state index is 11.9. The van der Waals surface area contributed by atoms with Crippen molar-refractivity contribution in [3.63, 3.8) is 0 Å². The summed E-state index contributed by atoms with van der Waals surface area (Å²) in [7, 11) is 0. The lowest BCUT2D eigenvalue weighted by atomic mass is 10.1. The van der Waals surface area contributed by atoms with Gasteiger partial charge in [-0.1, -0.05) is 30.7 Å². The summed E-state index contributed by atoms with van der Waals surface area (Å²) in [5, 5.41) is 10.6. The van der Waals surface area contributed by atoms with Gasteiger partial charge in [0.2, 0.25) is 0 Å². The van der Waals surface area contributed by atoms with Gasteiger partial charge in [-0.3, -0.25) is 4.99 Å². The number of hydrogen-bond donors (Lipinski definition) is 1. The van der Waals surface area contributed by atoms with Gasteiger partial charge in [-0.05, 0) is 25.5 Å². The van der Waals surface area contributed by atoms with E-state index in [9.17, 15) is 9.90 Å². The van der Waals surface area contributed by atoms with E-state index in [0.717, 1.165) is 6.42 Å². The molecule has 0 heterocycles. The Morgan fingerprint density at radius 2 is 2.10 bits per heavy atom. The molecule has 5 heteroatoms. The number of carbonyl (C=O) groups is 1. The van der Waals surface area contributed by atoms with Gasteiger partial charge < -0.3 is 9.84 Å². The predicted octanol–water partition coefficient (Wildman–Crippen LogP) is 3.65. The fraction of sp³-hybridized carbons (Fsp3) is 0.333. The Morgan fingerprint density at radius 1 is 1.40 bits per heavy atom. The molecule has 20 heavy (non-hydrogen) atoms. The van der Waals surface area contributed by atoms with Crippen molar-refractivity contribution in [2.45, 2.75) is 20.3 Å². The number of esters is 1. The first-order valence-corrected chi connectivity index (χ1v) is 6.84. The largest absolute Gasteiger partial charge is 0.506 e. The maximum absolute atomic E-state index is 11.9. The van der Waals surface area contributed by atoms with Gasteiger partial charge in [-0.2, -0.15) is 0 Å². The third-order valence-electron chi connectivity index (χ3n) is 2.45. The van der Waals surface area contributed by atoms with E-state index in [4.69, 9.17) is 16.3 Å². The van der Waals surface area contributed by atoms with Gasteiger partial charge in [0.25, 0.3) is 0 Å². The quantitative estimate of drug-likeness (QED) is 0.377. The standard InChI is InChI=1S/C15H18ClNO3/c1-3-9-17-10-12(15(19)20-4-2)14(18)11-7-5-6-8-13(11)16/h5-8,10,18H,3-4,9H2,1-2H3/b14-12+,17-10?. The van der Waals surface area contributed by atoms with Crippen LogP contribution < -0.4 is 0 Å². The summed E-state index contributed by atoms with van der Waals surface area (Å²) in [5.74, 6) is -0.848. The van der Waals surface area contributed by atoms with Crippen LogP contribution in [-0.2, 0) is 9.53 Å². The first kappa shape index (κ1) is 16.2. The van der Waals surface area contributed by atoms with Crippen molar-refractivity contribution >= 4 is 29.5 Å². The highest BCUT2D eigenvalue weighted by Crippen LogP contribution is 2.24. The van der Waals surface area contributed by atoms with Crippen LogP contribution in [0.25, 0.3) is 5.76 Å². The molecule has 0 aliphatic carbocycles. The summed E-state index contributed by atoms with van der Waals surface area (Å²) in [4.78, 5) is 16.0. The number of carbonyl (C=O) groups excluding carboxylic acids is 1. The summed E-state index contributed by atoms with van der Waals surface area (Å²) < 4.78 is 4.93. The van der Waals surface area contributed by atoms with Crippen LogP contribution >= 0.6 is 11.6 Å². The lowest BCUT2D eigenvalue weighted by Gasteiger charge is -2.08. The molecule has 0 amide bonds. The van der Waals surface area contributed by atoms with Crippen molar-refractivity contribution < 1.29 is 14.6 Å². The SMILES string of the molecule is CCCN=C/C(C(=O)OCC)=C(\O)c1ccccc1Cl. The molecular formula is C15H18ClNO3. The highest BCUT2D eigenvalue weighted by molar-refractivity contribution is 6.32. The van der Waals surface area contributed by atoms with Crippen molar-refractivity contribution in [2.24, 2.45) is 4.99 Å². The topological polar surface area (TPSA) is 58.9 Å². The van der Waals surface area contributed by atoms with Crippen molar-refractivity contribution in [2.75, 3.05) is 13.2 Å². The van der Waals surface area contributed by atoms with Gasteiger partial charge in [0.15, 0.2) is 0 Å². The normalized spacial score (nSPS) is 12.3. The Balaban J connectivity index is 3.22. The molecule has 1 aromatic carbocycles. The van der Waals surface area contributed by atoms with Crippen LogP contribution in [0.4, 0.5) is 0 Å². The number of halogens is 1. The van der Waals surface area contributed by atoms with Crippen LogP contribution in [0.15, 0.2) is 34.8 Å². The smallest absolute Gasteiger partial charge is 0.343 e. The van der Waals surface area contributed by atoms with Crippen LogP contribution in [0, 0.1) is 0 Å². The van der Waals surface area contributed by atoms with Crippen LogP contribution in [0.2, 0.25) is 5.02 Å². The zero-order valence-electron chi connectivity index (χ0n) is 11.6. The van der Waals surface area contributed by atoms with Gasteiger partial charge in [0.1, 0.15) is 11.3 Å². The van der Waals surface area contributed by atoms with E-state index in [2.05, 4.69) is 4.99 Å². The molecule has 1 rings (SSSR count). The molecule has 0 aliphatic rings. The van der Waals surface area contributed by atoms with Crippen LogP contribution in [0.1, 0.15) is 25.8 Å². The van der Waals surface area contributed by atoms with E-state index in [1.807, 2.05) is 6.92 Å². The number of rotatable bonds is 6. The summed E-state index contributed by atoms with van der Waals surface area (Å²) in [6, 6.07) is 6.74. The van der Waals surface area contributed by atoms with Gasteiger partial charge in [-0.25, -0.2) is 4.79 Å². The van der Waals surface area contributed by atoms with E-state index >= 15 is 0 Å². The van der Waals surface area contributed by atoms with Crippen molar-refractivity contribution in [3.8, 4) is 0 Å². The molecule has 0 aliphatic heterocycles. The number of aliphatic imine (C=N–C) groups is 1. The summed E-state index contributed by atoms with van der Waals surface area (Å²) >= 11 is 6.02. The van der Waals surface area contributed by atoms with Crippen LogP contribution in [-0.4, -0.2) is 30.4 Å². The molecule has 0 fully saturated rings. The summed E-state index contributed by atoms with van der Waals surface area (Å²) in [5.41, 5.74) is 0.383. The van der Waals surface area contributed by atoms with E-state index in [-0.39, 0.29) is 17.9 Å². The molecule has 0 unspecified atom stereocenters. The van der Waals surface area contributed by atoms with Crippen molar-refractivity contribution in [1.29, 1.82) is 0 Å². The Bertz CT molecular complexity index is 524. The van der Waals surface area contributed by atoms with E-state index < -0.39 is 5.97 Å². The zero-order chi connectivity index (χ0) is 15.0. The second-order valence-electron chi connectivity index (χ2n) is 4.00. The fourth-order valence-electron chi connectivity index (χ4n) is 1.50. The third-order valence-corrected chi connectivity index (χ3v) is 2.78. The minimum atomic E-state index is -0.621. The highest BCUT2D eigenvalue weighted by Gasteiger charge is 2.17. The lowest BCUT2D eigenvalue weighted by molar-refractivity contribution is -0.137. The van der Waals surface area contributed by atoms with E-state index in [0.29, 0.717) is 17.1 Å². The Morgan fingerprint density at radius 3 is 2.70 bits per heavy atom. The number of aliphatic hydroxyl groups excluding tert-OH is 1. The van der Waals surface area contributed by atoms with Gasteiger partial charge in [-0.15, -0.1) is 0 Å². The first-order chi connectivity index (χ1) is 9.61. The molecule has 0 aromatic heterocycles. The maximum Gasteiger partial charge on any atom is 0.343 e. The van der Waals surface area contributed by atoms with Gasteiger partial charge >= 0.3 is 5.97 Å². The number of hydrogen-bond acceptors (Lipinski definition) is 4. The number of ether oxygens (including phenoxy) is 1. The molecule has 0 saturated heterocycles. The van der Waals surface area contributed by atoms with Crippen LogP contribution in [0.3, 0.4) is 0 Å². The molecular weight excluding hydrogens is 278 g/mol. The Labute approximate surface area is 123 Å². The average Bonchev–Trinajstić information content (AvgIpc) is 2.44. The minimum absolute atomic E-state index is 0.00778. The number of aliphatic hydroxyl groups is 1. The molecule has 0 radical (unpaired) electrons. The third kappa shape index (κ3) is 4.38. The van der Waals surface area contributed by atoms with Crippen molar-refractivity contribution in [3.05, 3.63) is 40.4 Å². The molecule has 0 bridgehead atoms. The molecule has 4 nitrogen and oxygen atoms in total. The predicted molar refractivity (Wildman–Crippen MR) is 81.3 cm³/mol. The Hall–Kier alpha value is -1.81. The summed E-state index contributed by atoms with van der Waals surface area (Å²) in [6.45, 7) is 4.46. The van der Waals surface area contributed by atoms with E-state index in [1.54, 1.807) is 31.2 Å². The van der Waals surface area contributed by atoms with E-state index in [1.165, 1.54) is 6.21 Å². The van der Waals surface area contributed by atoms with Gasteiger partial charge in [0, 0.05) is 18.3 Å². The molecule has 0 saturated carbocycles. The van der Waals surface area contributed by atoms with Crippen LogP contribution in [0.5, 0.6) is 0 Å². The average molecular weight is 296 g/mol. The highest BCUT2D eigenvalue weighted by atomic mass is 35.5. The second kappa shape index (κ2) is 8.38. The second-order valence-corrected chi connectivity index (χ2v) is 4.41. The zero-order valence-corrected chi connectivity index (χ0v) is 12.4. The lowest BCUT2D eigenvalue weighted by Crippen LogP contribution is -2.11. The van der Waals surface area contributed by atoms with Gasteiger partial charge in [0.05, 0.1) is 11.6 Å². The molecule has 0 atom stereocenters. The Kier molecular flexibility index (Phi) is 6.81. The fourth-order valence-corrected chi connectivity index (χ4v) is 1.73. The molecule has 0 spiro atoms. The first-order valence-electron chi connectivity index (χ1n) is 6.46. The summed E-state index contributed by atoms with van der Waals surface area (Å²) in [6.07, 6.45) is 2.18. The molecule has 108 valence electrons. The monoisotopic (exact) mass is 295 g/mol. The number of nitrogens with zero attached hydrogens (tertiary/aromatic N) is 1. The molecule has 1 aromatic rings. The number of benzene rings is 1. The van der Waals surface area contributed by atoms with Crippen molar-refractivity contribution in [1.82, 2.24) is 0 Å².